The lowest BCUT2D eigenvalue weighted by molar-refractivity contribution is -0.187. The molecule has 84 heavy (non-hydrogen) atoms. The molecule has 0 saturated carbocycles. The van der Waals surface area contributed by atoms with E-state index in [1.807, 2.05) is 45.9 Å². The van der Waals surface area contributed by atoms with Crippen molar-refractivity contribution in [1.29, 1.82) is 0 Å². The number of Topliss-reactive ketones (excluding diaryl/α,β-unsaturated/α-hetero) is 2. The highest BCUT2D eigenvalue weighted by Crippen LogP contribution is 2.50. The van der Waals surface area contributed by atoms with Crippen molar-refractivity contribution < 1.29 is 67.2 Å². The molecule has 7 amide bonds. The highest BCUT2D eigenvalue weighted by atomic mass is 35.5. The van der Waals surface area contributed by atoms with E-state index < -0.39 is 83.4 Å². The normalized spacial score (nSPS) is 25.3. The van der Waals surface area contributed by atoms with Gasteiger partial charge in [-0.25, -0.2) is 9.59 Å². The summed E-state index contributed by atoms with van der Waals surface area (Å²) in [6.07, 6.45) is 6.46. The zero-order valence-corrected chi connectivity index (χ0v) is 49.8. The fraction of sp³-hybridized carbons (Fsp3) is 0.516. The Balaban J connectivity index is 1.09. The van der Waals surface area contributed by atoms with Crippen LogP contribution in [0.2, 0.25) is 5.02 Å². The average molecular weight is 1180 g/mol. The van der Waals surface area contributed by atoms with Crippen LogP contribution < -0.4 is 26.6 Å². The van der Waals surface area contributed by atoms with Gasteiger partial charge in [0.2, 0.25) is 11.8 Å². The van der Waals surface area contributed by atoms with Crippen LogP contribution in [0.15, 0.2) is 78.5 Å². The van der Waals surface area contributed by atoms with E-state index in [1.165, 1.54) is 30.4 Å². The van der Waals surface area contributed by atoms with Gasteiger partial charge < -0.3 is 45.3 Å². The number of allylic oxidation sites excluding steroid dienone is 3. The number of hydrogen-bond donors (Lipinski definition) is 5. The molecular weight excluding hydrogens is 1100 g/mol. The molecule has 2 aromatic carbocycles. The van der Waals surface area contributed by atoms with E-state index in [-0.39, 0.29) is 99.4 Å². The Morgan fingerprint density at radius 3 is 2.45 bits per heavy atom. The molecule has 0 aliphatic carbocycles. The molecule has 5 heterocycles. The maximum absolute atomic E-state index is 14.5. The number of aryl methyl sites for hydroxylation is 1. The third kappa shape index (κ3) is 15.9. The summed E-state index contributed by atoms with van der Waals surface area (Å²) in [4.78, 5) is 126. The first-order valence-corrected chi connectivity index (χ1v) is 29.0. The first-order chi connectivity index (χ1) is 39.8. The van der Waals surface area contributed by atoms with Crippen LogP contribution in [0.25, 0.3) is 10.9 Å². The number of carbonyl (C=O) groups is 9. The SMILES string of the molecule is CO[C@@H]1/C=C/C=C(\C)Cc2cc(C)c(Cl)c(c2)N(C)C(=O)C[C@H](OC(=O)Nc2ccc(CC(=O)[C@H](CCCNC(N)=O)NC(=O)[C@@H](CC(=O)CCCCCN3C(=O)C=CC3=O)C(C)C)c3ncccc23)[C@]2(C)O[C@H]2[C@H](C)[C@@H]2C[C@@]1(O)CC(=O)O2. The standard InChI is InChI=1S/C62H78ClN7O14/c1-35(2)43(31-41(71)16-10-9-11-26-70-51(73)22-23-52(70)74)58(77)67-45(18-14-25-66-59(64)78)47(72)30-40-20-21-44(42-17-13-24-65-56(40)42)68-60(79)83-50-32-53(75)69(7)46-29-39(28-37(4)55(46)63)27-36(3)15-12-19-49(81-8)62(80)33-48(82-54(76)34-62)38(5)57-61(50,6)84-57/h12-13,15,17,19-24,28-29,35,38,43,45,48-50,57,80H,9-11,14,16,18,25-27,30-34H2,1-8H3,(H,67,77)(H,68,79)(H3,64,66,78)/b19-12+,36-15+/t38-,43+,45+,48+,49-,50+,57+,61+,62-/m1/s1. The zero-order valence-electron chi connectivity index (χ0n) is 49.0. The Morgan fingerprint density at radius 2 is 1.75 bits per heavy atom. The van der Waals surface area contributed by atoms with E-state index in [4.69, 9.17) is 36.3 Å². The monoisotopic (exact) mass is 1180 g/mol. The summed E-state index contributed by atoms with van der Waals surface area (Å²) in [7, 11) is 3.05. The number of esters is 1. The van der Waals surface area contributed by atoms with Crippen LogP contribution in [0, 0.1) is 24.7 Å². The van der Waals surface area contributed by atoms with Crippen molar-refractivity contribution in [1.82, 2.24) is 20.5 Å². The number of epoxide rings is 1. The van der Waals surface area contributed by atoms with Crippen LogP contribution in [0.4, 0.5) is 21.0 Å². The molecule has 452 valence electrons. The van der Waals surface area contributed by atoms with Gasteiger partial charge in [-0.3, -0.25) is 48.8 Å². The number of nitrogens with one attached hydrogen (secondary N) is 3. The number of unbranched alkanes of at least 4 members (excludes halogenated alkanes) is 2. The first-order valence-electron chi connectivity index (χ1n) is 28.6. The van der Waals surface area contributed by atoms with Crippen molar-refractivity contribution in [2.24, 2.45) is 23.5 Å². The highest BCUT2D eigenvalue weighted by molar-refractivity contribution is 6.34. The van der Waals surface area contributed by atoms with Crippen molar-refractivity contribution in [3.05, 3.63) is 100 Å². The number of aromatic nitrogens is 1. The lowest BCUT2D eigenvalue weighted by Gasteiger charge is -2.41. The number of imide groups is 1. The van der Waals surface area contributed by atoms with Crippen molar-refractivity contribution in [2.75, 3.05) is 37.5 Å². The summed E-state index contributed by atoms with van der Waals surface area (Å²) in [6, 6.07) is 8.54. The quantitative estimate of drug-likeness (QED) is 0.0304. The number of fused-ring (bicyclic) bond motifs is 6. The number of carbonyl (C=O) groups excluding carboxylic acids is 9. The second-order valence-electron chi connectivity index (χ2n) is 23.1. The summed E-state index contributed by atoms with van der Waals surface area (Å²) in [5, 5.41) is 21.1. The van der Waals surface area contributed by atoms with Gasteiger partial charge in [-0.1, -0.05) is 74.7 Å². The number of urea groups is 1. The topological polar surface area (TPSA) is 296 Å². The van der Waals surface area contributed by atoms with Crippen LogP contribution in [0.5, 0.6) is 0 Å². The van der Waals surface area contributed by atoms with E-state index in [1.54, 1.807) is 57.3 Å². The van der Waals surface area contributed by atoms with Gasteiger partial charge in [-0.2, -0.15) is 0 Å². The van der Waals surface area contributed by atoms with Gasteiger partial charge in [-0.05, 0) is 99.7 Å². The molecule has 4 aliphatic heterocycles. The Labute approximate surface area is 494 Å². The van der Waals surface area contributed by atoms with Crippen molar-refractivity contribution in [3.8, 4) is 0 Å². The third-order valence-corrected chi connectivity index (χ3v) is 16.9. The van der Waals surface area contributed by atoms with Gasteiger partial charge in [0.25, 0.3) is 11.8 Å². The fourth-order valence-electron chi connectivity index (χ4n) is 11.5. The lowest BCUT2D eigenvalue weighted by atomic mass is 9.78. The number of benzene rings is 2. The molecule has 0 spiro atoms. The van der Waals surface area contributed by atoms with Gasteiger partial charge in [0, 0.05) is 88.5 Å². The first kappa shape index (κ1) is 64.2. The second-order valence-corrected chi connectivity index (χ2v) is 23.5. The van der Waals surface area contributed by atoms with Gasteiger partial charge in [0.05, 0.1) is 46.9 Å². The molecule has 1 aromatic heterocycles. The average Bonchev–Trinajstić information content (AvgIpc) is 1.95. The van der Waals surface area contributed by atoms with E-state index in [0.717, 1.165) is 21.6 Å². The number of amides is 7. The molecule has 6 N–H and O–H groups in total. The van der Waals surface area contributed by atoms with Crippen molar-refractivity contribution in [2.45, 2.75) is 160 Å². The van der Waals surface area contributed by atoms with E-state index in [9.17, 15) is 48.3 Å². The van der Waals surface area contributed by atoms with E-state index in [2.05, 4.69) is 20.9 Å². The Bertz CT molecular complexity index is 3110. The van der Waals surface area contributed by atoms with Crippen LogP contribution >= 0.6 is 11.6 Å². The fourth-order valence-corrected chi connectivity index (χ4v) is 11.7. The Kier molecular flexibility index (Phi) is 21.4. The number of rotatable bonds is 21. The molecule has 22 heteroatoms. The summed E-state index contributed by atoms with van der Waals surface area (Å²) in [5.74, 6) is -4.43. The van der Waals surface area contributed by atoms with Crippen LogP contribution in [0.3, 0.4) is 0 Å². The third-order valence-electron chi connectivity index (χ3n) is 16.4. The zero-order chi connectivity index (χ0) is 61.2. The molecule has 0 radical (unpaired) electrons. The number of aliphatic hydroxyl groups is 1. The number of ether oxygens (including phenoxy) is 4. The van der Waals surface area contributed by atoms with Crippen LogP contribution in [-0.4, -0.2) is 137 Å². The number of nitrogens with zero attached hydrogens (tertiary/aromatic N) is 3. The number of halogens is 1. The number of primary amides is 1. The molecule has 3 aromatic rings. The summed E-state index contributed by atoms with van der Waals surface area (Å²) in [5.41, 5.74) is 6.44. The molecule has 21 nitrogen and oxygen atoms in total. The van der Waals surface area contributed by atoms with Gasteiger partial charge >= 0.3 is 18.1 Å². The van der Waals surface area contributed by atoms with Gasteiger partial charge in [0.1, 0.15) is 35.3 Å². The number of ketones is 2. The molecule has 2 fully saturated rings. The molecule has 0 unspecified atom stereocenters. The van der Waals surface area contributed by atoms with E-state index in [0.29, 0.717) is 52.9 Å². The lowest BCUT2D eigenvalue weighted by Crippen LogP contribution is -2.53. The van der Waals surface area contributed by atoms with Crippen molar-refractivity contribution in [3.63, 3.8) is 0 Å². The summed E-state index contributed by atoms with van der Waals surface area (Å²) in [6.45, 7) is 11.3. The maximum Gasteiger partial charge on any atom is 0.412 e. The predicted molar refractivity (Wildman–Crippen MR) is 313 cm³/mol. The van der Waals surface area contributed by atoms with Gasteiger partial charge in [-0.15, -0.1) is 0 Å². The second kappa shape index (κ2) is 28.0. The smallest absolute Gasteiger partial charge is 0.412 e. The largest absolute Gasteiger partial charge is 0.462 e. The summed E-state index contributed by atoms with van der Waals surface area (Å²) >= 11 is 6.89. The minimum absolute atomic E-state index is 0.00434. The van der Waals surface area contributed by atoms with Crippen LogP contribution in [0.1, 0.15) is 116 Å². The van der Waals surface area contributed by atoms with Gasteiger partial charge in [0.15, 0.2) is 5.78 Å². The minimum atomic E-state index is -1.64. The molecule has 2 saturated heterocycles. The number of hydrogen-bond acceptors (Lipinski definition) is 15. The number of methoxy groups -OCH3 is 1. The number of nitrogens with two attached hydrogens (primary N) is 1. The van der Waals surface area contributed by atoms with Crippen molar-refractivity contribution >= 4 is 87.2 Å². The molecular formula is C62H78ClN7O14. The number of pyridine rings is 1. The maximum atomic E-state index is 14.5. The molecule has 4 aliphatic rings. The molecule has 7 rings (SSSR count). The highest BCUT2D eigenvalue weighted by Gasteiger charge is 2.64. The van der Waals surface area contributed by atoms with Crippen LogP contribution in [-0.2, 0) is 65.4 Å². The Hall–Kier alpha value is -7.33. The summed E-state index contributed by atoms with van der Waals surface area (Å²) < 4.78 is 24.2. The van der Waals surface area contributed by atoms with E-state index >= 15 is 0 Å². The predicted octanol–water partition coefficient (Wildman–Crippen LogP) is 7.23. The molecule has 4 bridgehead atoms. The minimum Gasteiger partial charge on any atom is -0.462 e. The Morgan fingerprint density at radius 1 is 1.01 bits per heavy atom. The molecule has 9 atom stereocenters. The number of anilines is 2.